The molecule has 0 aromatic heterocycles. The Hall–Kier alpha value is -2.37. The van der Waals surface area contributed by atoms with Crippen molar-refractivity contribution in [3.05, 3.63) is 64.8 Å². The molecule has 2 aromatic rings. The molecular formula is C22H26Cl2N4O. The second kappa shape index (κ2) is 9.90. The molecule has 0 bridgehead atoms. The zero-order valence-electron chi connectivity index (χ0n) is 16.5. The number of nitrogens with one attached hydrogen (secondary N) is 2. The molecule has 0 aliphatic carbocycles. The molecule has 0 saturated carbocycles. The third kappa shape index (κ3) is 5.58. The predicted molar refractivity (Wildman–Crippen MR) is 123 cm³/mol. The highest BCUT2D eigenvalue weighted by Gasteiger charge is 2.22. The SMILES string of the molecule is C=C(CCC)Nc1ccc(N2CCN(C(=O)Nc3c(Cl)cccc3Cl)CC2)cc1. The Morgan fingerprint density at radius 1 is 1.00 bits per heavy atom. The Kier molecular flexibility index (Phi) is 7.29. The van der Waals surface area contributed by atoms with Crippen LogP contribution in [0.4, 0.5) is 21.9 Å². The molecule has 1 aliphatic rings. The van der Waals surface area contributed by atoms with Crippen molar-refractivity contribution in [2.75, 3.05) is 41.7 Å². The van der Waals surface area contributed by atoms with Gasteiger partial charge < -0.3 is 20.4 Å². The maximum atomic E-state index is 12.6. The van der Waals surface area contributed by atoms with Crippen molar-refractivity contribution < 1.29 is 4.79 Å². The number of hydrogen-bond donors (Lipinski definition) is 2. The molecule has 154 valence electrons. The Bertz CT molecular complexity index is 841. The number of hydrogen-bond acceptors (Lipinski definition) is 3. The van der Waals surface area contributed by atoms with Crippen molar-refractivity contribution in [2.24, 2.45) is 0 Å². The minimum absolute atomic E-state index is 0.186. The smallest absolute Gasteiger partial charge is 0.322 e. The van der Waals surface area contributed by atoms with E-state index in [1.165, 1.54) is 0 Å². The zero-order chi connectivity index (χ0) is 20.8. The molecule has 1 heterocycles. The van der Waals surface area contributed by atoms with Crippen LogP contribution in [-0.4, -0.2) is 37.1 Å². The summed E-state index contributed by atoms with van der Waals surface area (Å²) in [5.74, 6) is 0. The summed E-state index contributed by atoms with van der Waals surface area (Å²) < 4.78 is 0. The number of carbonyl (C=O) groups excluding carboxylic acids is 1. The van der Waals surface area contributed by atoms with E-state index in [0.29, 0.717) is 28.8 Å². The number of benzene rings is 2. The lowest BCUT2D eigenvalue weighted by Gasteiger charge is -2.36. The first kappa shape index (κ1) is 21.3. The largest absolute Gasteiger partial charge is 0.368 e. The van der Waals surface area contributed by atoms with Gasteiger partial charge in [0.2, 0.25) is 0 Å². The van der Waals surface area contributed by atoms with E-state index in [-0.39, 0.29) is 6.03 Å². The second-order valence-electron chi connectivity index (χ2n) is 7.03. The van der Waals surface area contributed by atoms with E-state index in [2.05, 4.69) is 53.3 Å². The molecule has 2 amide bonds. The molecule has 0 radical (unpaired) electrons. The standard InChI is InChI=1S/C22H26Cl2N4O/c1-3-5-16(2)25-17-8-10-18(11-9-17)27-12-14-28(15-13-27)22(29)26-21-19(23)6-4-7-20(21)24/h4,6-11,25H,2-3,5,12-15H2,1H3,(H,26,29). The Morgan fingerprint density at radius 2 is 1.62 bits per heavy atom. The van der Waals surface area contributed by atoms with Crippen LogP contribution < -0.4 is 15.5 Å². The summed E-state index contributed by atoms with van der Waals surface area (Å²) in [7, 11) is 0. The Balaban J connectivity index is 1.53. The highest BCUT2D eigenvalue weighted by atomic mass is 35.5. The average Bonchev–Trinajstić information content (AvgIpc) is 2.71. The fraction of sp³-hybridized carbons (Fsp3) is 0.318. The van der Waals surface area contributed by atoms with Crippen molar-refractivity contribution in [3.8, 4) is 0 Å². The molecule has 29 heavy (non-hydrogen) atoms. The van der Waals surface area contributed by atoms with E-state index in [1.807, 2.05) is 0 Å². The van der Waals surface area contributed by atoms with Crippen LogP contribution in [0.2, 0.25) is 10.0 Å². The number of allylic oxidation sites excluding steroid dienone is 1. The van der Waals surface area contributed by atoms with Crippen LogP contribution in [0.1, 0.15) is 19.8 Å². The monoisotopic (exact) mass is 432 g/mol. The molecule has 2 N–H and O–H groups in total. The zero-order valence-corrected chi connectivity index (χ0v) is 18.1. The third-order valence-corrected chi connectivity index (χ3v) is 5.50. The number of carbonyl (C=O) groups is 1. The van der Waals surface area contributed by atoms with Gasteiger partial charge >= 0.3 is 6.03 Å². The van der Waals surface area contributed by atoms with E-state index >= 15 is 0 Å². The molecule has 2 aromatic carbocycles. The second-order valence-corrected chi connectivity index (χ2v) is 7.84. The summed E-state index contributed by atoms with van der Waals surface area (Å²) in [4.78, 5) is 16.6. The van der Waals surface area contributed by atoms with Crippen LogP contribution in [0.15, 0.2) is 54.7 Å². The minimum atomic E-state index is -0.186. The number of para-hydroxylation sites is 1. The Morgan fingerprint density at radius 3 is 2.21 bits per heavy atom. The van der Waals surface area contributed by atoms with Crippen LogP contribution in [0.25, 0.3) is 0 Å². The molecule has 0 unspecified atom stereocenters. The topological polar surface area (TPSA) is 47.6 Å². The van der Waals surface area contributed by atoms with Gasteiger partial charge in [-0.2, -0.15) is 0 Å². The van der Waals surface area contributed by atoms with Gasteiger partial charge in [0.1, 0.15) is 0 Å². The van der Waals surface area contributed by atoms with Gasteiger partial charge in [0.25, 0.3) is 0 Å². The molecule has 1 fully saturated rings. The minimum Gasteiger partial charge on any atom is -0.368 e. The molecule has 5 nitrogen and oxygen atoms in total. The van der Waals surface area contributed by atoms with E-state index < -0.39 is 0 Å². The third-order valence-electron chi connectivity index (χ3n) is 4.87. The lowest BCUT2D eigenvalue weighted by Crippen LogP contribution is -2.50. The molecular weight excluding hydrogens is 407 g/mol. The molecule has 0 spiro atoms. The first-order chi connectivity index (χ1) is 14.0. The van der Waals surface area contributed by atoms with Gasteiger partial charge in [-0.05, 0) is 42.8 Å². The number of amides is 2. The van der Waals surface area contributed by atoms with Crippen molar-refractivity contribution in [2.45, 2.75) is 19.8 Å². The Labute approximate surface area is 182 Å². The van der Waals surface area contributed by atoms with Gasteiger partial charge in [-0.3, -0.25) is 0 Å². The van der Waals surface area contributed by atoms with Crippen LogP contribution in [-0.2, 0) is 0 Å². The van der Waals surface area contributed by atoms with E-state index in [0.717, 1.165) is 43.0 Å². The van der Waals surface area contributed by atoms with Crippen LogP contribution >= 0.6 is 23.2 Å². The van der Waals surface area contributed by atoms with Crippen molar-refractivity contribution in [3.63, 3.8) is 0 Å². The highest BCUT2D eigenvalue weighted by molar-refractivity contribution is 6.39. The van der Waals surface area contributed by atoms with Gasteiger partial charge in [0, 0.05) is 43.3 Å². The summed E-state index contributed by atoms with van der Waals surface area (Å²) >= 11 is 12.3. The lowest BCUT2D eigenvalue weighted by molar-refractivity contribution is 0.208. The summed E-state index contributed by atoms with van der Waals surface area (Å²) in [6.07, 6.45) is 2.04. The molecule has 7 heteroatoms. The van der Waals surface area contributed by atoms with Gasteiger partial charge in [-0.25, -0.2) is 4.79 Å². The number of nitrogens with zero attached hydrogens (tertiary/aromatic N) is 2. The van der Waals surface area contributed by atoms with Crippen molar-refractivity contribution in [1.82, 2.24) is 4.90 Å². The fourth-order valence-electron chi connectivity index (χ4n) is 3.29. The normalized spacial score (nSPS) is 13.9. The van der Waals surface area contributed by atoms with Crippen LogP contribution in [0, 0.1) is 0 Å². The van der Waals surface area contributed by atoms with Crippen molar-refractivity contribution >= 4 is 46.3 Å². The highest BCUT2D eigenvalue weighted by Crippen LogP contribution is 2.30. The van der Waals surface area contributed by atoms with Crippen molar-refractivity contribution in [1.29, 1.82) is 0 Å². The molecule has 3 rings (SSSR count). The summed E-state index contributed by atoms with van der Waals surface area (Å²) in [5.41, 5.74) is 3.67. The first-order valence-electron chi connectivity index (χ1n) is 9.77. The number of halogens is 2. The maximum absolute atomic E-state index is 12.6. The summed E-state index contributed by atoms with van der Waals surface area (Å²) in [6.45, 7) is 8.95. The van der Waals surface area contributed by atoms with Gasteiger partial charge in [-0.15, -0.1) is 0 Å². The number of piperazine rings is 1. The summed E-state index contributed by atoms with van der Waals surface area (Å²) in [6, 6.07) is 13.3. The fourth-order valence-corrected chi connectivity index (χ4v) is 3.79. The summed E-state index contributed by atoms with van der Waals surface area (Å²) in [5, 5.41) is 7.02. The van der Waals surface area contributed by atoms with Crippen LogP contribution in [0.5, 0.6) is 0 Å². The molecule has 1 aliphatic heterocycles. The predicted octanol–water partition coefficient (Wildman–Crippen LogP) is 6.07. The van der Waals surface area contributed by atoms with Crippen LogP contribution in [0.3, 0.4) is 0 Å². The van der Waals surface area contributed by atoms with E-state index in [9.17, 15) is 4.79 Å². The molecule has 0 atom stereocenters. The first-order valence-corrected chi connectivity index (χ1v) is 10.5. The van der Waals surface area contributed by atoms with E-state index in [4.69, 9.17) is 23.2 Å². The average molecular weight is 433 g/mol. The maximum Gasteiger partial charge on any atom is 0.322 e. The van der Waals surface area contributed by atoms with Gasteiger partial charge in [-0.1, -0.05) is 49.2 Å². The molecule has 1 saturated heterocycles. The van der Waals surface area contributed by atoms with Gasteiger partial charge in [0.05, 0.1) is 15.7 Å². The van der Waals surface area contributed by atoms with E-state index in [1.54, 1.807) is 23.1 Å². The lowest BCUT2D eigenvalue weighted by atomic mass is 10.2. The quantitative estimate of drug-likeness (QED) is 0.581. The number of urea groups is 1. The number of rotatable bonds is 6. The van der Waals surface area contributed by atoms with Gasteiger partial charge in [0.15, 0.2) is 0 Å². The number of anilines is 3.